The summed E-state index contributed by atoms with van der Waals surface area (Å²) < 4.78 is 11.4. The van der Waals surface area contributed by atoms with Crippen molar-refractivity contribution < 1.29 is 9.47 Å². The van der Waals surface area contributed by atoms with Crippen molar-refractivity contribution in [3.05, 3.63) is 47.5 Å². The fourth-order valence-corrected chi connectivity index (χ4v) is 3.26. The van der Waals surface area contributed by atoms with Crippen LogP contribution in [0.2, 0.25) is 0 Å². The smallest absolute Gasteiger partial charge is 0.130 e. The third-order valence-electron chi connectivity index (χ3n) is 4.51. The highest BCUT2D eigenvalue weighted by Gasteiger charge is 2.17. The molecule has 3 heteroatoms. The maximum Gasteiger partial charge on any atom is 0.130 e. The van der Waals surface area contributed by atoms with E-state index >= 15 is 0 Å². The first-order chi connectivity index (χ1) is 11.2. The van der Waals surface area contributed by atoms with Gasteiger partial charge in [0.15, 0.2) is 0 Å². The first kappa shape index (κ1) is 15.9. The van der Waals surface area contributed by atoms with Gasteiger partial charge in [-0.2, -0.15) is 0 Å². The van der Waals surface area contributed by atoms with Gasteiger partial charge < -0.3 is 9.47 Å². The Morgan fingerprint density at radius 3 is 2.00 bits per heavy atom. The Kier molecular flexibility index (Phi) is 4.87. The standard InChI is InChI=1S/C20H25NO2/c1-15-6-8-17(9-7-15)20-18(22-2)12-16(13-19(20)23-3)14-21-10-4-5-11-21/h6-9,12-13H,4-5,10-11,14H2,1-3H3. The van der Waals surface area contributed by atoms with Crippen LogP contribution in [0.1, 0.15) is 24.0 Å². The fraction of sp³-hybridized carbons (Fsp3) is 0.400. The lowest BCUT2D eigenvalue weighted by molar-refractivity contribution is 0.329. The minimum absolute atomic E-state index is 0.877. The van der Waals surface area contributed by atoms with E-state index in [-0.39, 0.29) is 0 Å². The molecule has 0 amide bonds. The topological polar surface area (TPSA) is 21.7 Å². The predicted octanol–water partition coefficient (Wildman–Crippen LogP) is 4.28. The van der Waals surface area contributed by atoms with Gasteiger partial charge in [0, 0.05) is 6.54 Å². The quantitative estimate of drug-likeness (QED) is 0.823. The summed E-state index contributed by atoms with van der Waals surface area (Å²) in [7, 11) is 3.46. The number of ether oxygens (including phenoxy) is 2. The van der Waals surface area contributed by atoms with Crippen LogP contribution in [-0.4, -0.2) is 32.2 Å². The summed E-state index contributed by atoms with van der Waals surface area (Å²) in [5.41, 5.74) is 4.64. The van der Waals surface area contributed by atoms with Crippen LogP contribution in [0.4, 0.5) is 0 Å². The molecule has 3 rings (SSSR count). The monoisotopic (exact) mass is 311 g/mol. The molecule has 2 aromatic rings. The molecule has 23 heavy (non-hydrogen) atoms. The van der Waals surface area contributed by atoms with Crippen LogP contribution in [-0.2, 0) is 6.54 Å². The Labute approximate surface area is 138 Å². The summed E-state index contributed by atoms with van der Waals surface area (Å²) in [5.74, 6) is 1.75. The van der Waals surface area contributed by atoms with E-state index in [1.165, 1.54) is 37.1 Å². The molecule has 2 aromatic carbocycles. The second-order valence-electron chi connectivity index (χ2n) is 6.22. The number of benzene rings is 2. The van der Waals surface area contributed by atoms with E-state index in [1.807, 2.05) is 0 Å². The Hall–Kier alpha value is -2.00. The van der Waals surface area contributed by atoms with Crippen LogP contribution in [0.25, 0.3) is 11.1 Å². The maximum atomic E-state index is 5.68. The highest BCUT2D eigenvalue weighted by atomic mass is 16.5. The number of methoxy groups -OCH3 is 2. The zero-order chi connectivity index (χ0) is 16.2. The SMILES string of the molecule is COc1cc(CN2CCCC2)cc(OC)c1-c1ccc(C)cc1. The highest BCUT2D eigenvalue weighted by Crippen LogP contribution is 2.40. The van der Waals surface area contributed by atoms with Crippen LogP contribution in [0, 0.1) is 6.92 Å². The van der Waals surface area contributed by atoms with Gasteiger partial charge in [-0.15, -0.1) is 0 Å². The van der Waals surface area contributed by atoms with E-state index in [0.717, 1.165) is 29.2 Å². The van der Waals surface area contributed by atoms with Crippen molar-refractivity contribution >= 4 is 0 Å². The molecular formula is C20H25NO2. The van der Waals surface area contributed by atoms with Gasteiger partial charge in [-0.05, 0) is 56.1 Å². The first-order valence-corrected chi connectivity index (χ1v) is 8.25. The second-order valence-corrected chi connectivity index (χ2v) is 6.22. The van der Waals surface area contributed by atoms with Gasteiger partial charge in [-0.25, -0.2) is 0 Å². The second kappa shape index (κ2) is 7.05. The predicted molar refractivity (Wildman–Crippen MR) is 94.2 cm³/mol. The van der Waals surface area contributed by atoms with Crippen LogP contribution in [0.5, 0.6) is 11.5 Å². The molecular weight excluding hydrogens is 286 g/mol. The molecule has 0 unspecified atom stereocenters. The average molecular weight is 311 g/mol. The van der Waals surface area contributed by atoms with E-state index in [0.29, 0.717) is 0 Å². The van der Waals surface area contributed by atoms with Crippen molar-refractivity contribution in [2.75, 3.05) is 27.3 Å². The van der Waals surface area contributed by atoms with Gasteiger partial charge in [0.2, 0.25) is 0 Å². The van der Waals surface area contributed by atoms with Crippen LogP contribution >= 0.6 is 0 Å². The van der Waals surface area contributed by atoms with Crippen molar-refractivity contribution in [3.8, 4) is 22.6 Å². The molecule has 0 aliphatic carbocycles. The molecule has 0 spiro atoms. The molecule has 3 nitrogen and oxygen atoms in total. The third kappa shape index (κ3) is 3.50. The van der Waals surface area contributed by atoms with E-state index in [1.54, 1.807) is 14.2 Å². The van der Waals surface area contributed by atoms with Gasteiger partial charge in [0.1, 0.15) is 11.5 Å². The first-order valence-electron chi connectivity index (χ1n) is 8.25. The van der Waals surface area contributed by atoms with Crippen molar-refractivity contribution in [2.24, 2.45) is 0 Å². The van der Waals surface area contributed by atoms with Gasteiger partial charge in [0.25, 0.3) is 0 Å². The number of hydrogen-bond acceptors (Lipinski definition) is 3. The summed E-state index contributed by atoms with van der Waals surface area (Å²) in [6.07, 6.45) is 2.60. The van der Waals surface area contributed by atoms with E-state index in [2.05, 4.69) is 48.2 Å². The van der Waals surface area contributed by atoms with Gasteiger partial charge in [-0.1, -0.05) is 29.8 Å². The minimum atomic E-state index is 0.877. The molecule has 0 aromatic heterocycles. The molecule has 1 heterocycles. The summed E-state index contributed by atoms with van der Waals surface area (Å²) in [5, 5.41) is 0. The Balaban J connectivity index is 1.99. The Morgan fingerprint density at radius 1 is 0.913 bits per heavy atom. The molecule has 1 aliphatic heterocycles. The minimum Gasteiger partial charge on any atom is -0.496 e. The van der Waals surface area contributed by atoms with E-state index in [4.69, 9.17) is 9.47 Å². The molecule has 122 valence electrons. The van der Waals surface area contributed by atoms with Crippen molar-refractivity contribution in [3.63, 3.8) is 0 Å². The molecule has 0 bridgehead atoms. The molecule has 0 saturated carbocycles. The summed E-state index contributed by atoms with van der Waals surface area (Å²) in [6, 6.07) is 12.8. The van der Waals surface area contributed by atoms with Gasteiger partial charge in [0.05, 0.1) is 19.8 Å². The number of aryl methyl sites for hydroxylation is 1. The fourth-order valence-electron chi connectivity index (χ4n) is 3.26. The molecule has 0 radical (unpaired) electrons. The number of rotatable bonds is 5. The Morgan fingerprint density at radius 2 is 1.48 bits per heavy atom. The zero-order valence-corrected chi connectivity index (χ0v) is 14.3. The lowest BCUT2D eigenvalue weighted by Gasteiger charge is -2.19. The van der Waals surface area contributed by atoms with Gasteiger partial charge >= 0.3 is 0 Å². The summed E-state index contributed by atoms with van der Waals surface area (Å²) in [4.78, 5) is 2.49. The molecule has 1 saturated heterocycles. The lowest BCUT2D eigenvalue weighted by atomic mass is 10.00. The van der Waals surface area contributed by atoms with Crippen molar-refractivity contribution in [2.45, 2.75) is 26.3 Å². The highest BCUT2D eigenvalue weighted by molar-refractivity contribution is 5.77. The number of nitrogens with zero attached hydrogens (tertiary/aromatic N) is 1. The van der Waals surface area contributed by atoms with Crippen LogP contribution < -0.4 is 9.47 Å². The molecule has 1 fully saturated rings. The normalized spacial score (nSPS) is 14.9. The van der Waals surface area contributed by atoms with E-state index in [9.17, 15) is 0 Å². The zero-order valence-electron chi connectivity index (χ0n) is 14.3. The van der Waals surface area contributed by atoms with Gasteiger partial charge in [-0.3, -0.25) is 4.90 Å². The molecule has 0 N–H and O–H groups in total. The third-order valence-corrected chi connectivity index (χ3v) is 4.51. The number of hydrogen-bond donors (Lipinski definition) is 0. The molecule has 1 aliphatic rings. The van der Waals surface area contributed by atoms with Crippen LogP contribution in [0.15, 0.2) is 36.4 Å². The van der Waals surface area contributed by atoms with Crippen molar-refractivity contribution in [1.82, 2.24) is 4.90 Å². The largest absolute Gasteiger partial charge is 0.496 e. The summed E-state index contributed by atoms with van der Waals surface area (Å²) in [6.45, 7) is 5.42. The Bertz CT molecular complexity index is 633. The maximum absolute atomic E-state index is 5.68. The van der Waals surface area contributed by atoms with E-state index < -0.39 is 0 Å². The average Bonchev–Trinajstić information content (AvgIpc) is 3.08. The van der Waals surface area contributed by atoms with Crippen molar-refractivity contribution in [1.29, 1.82) is 0 Å². The van der Waals surface area contributed by atoms with Crippen LogP contribution in [0.3, 0.4) is 0 Å². The lowest BCUT2D eigenvalue weighted by Crippen LogP contribution is -2.18. The number of likely N-dealkylation sites (tertiary alicyclic amines) is 1. The molecule has 0 atom stereocenters. The summed E-state index contributed by atoms with van der Waals surface area (Å²) >= 11 is 0.